The van der Waals surface area contributed by atoms with Crippen molar-refractivity contribution in [2.24, 2.45) is 4.99 Å². The standard InChI is InChI=1S/C42H40N6O7S2/c1-21-10-31(49)36-33(52-21)14-32-27(37(36)50)16-42-8-6-25(15-40(42,2)53-32)57-56-20-28-26(13-24(46-38(28)44)18-48-17-23-7-9-45-30(23)19-48)29-11-22(12-35(43)47-29)4-5-34-41(3,54-34)39(51)55-42/h6-14,17,25,34,50H,4-5,15-16,18-20H2,1-3H3,(H2,43,47)(H2,44,46)/t25-,34-,40-,41+,42+/m0/s1. The lowest BCUT2D eigenvalue weighted by Gasteiger charge is -2.52. The molecule has 292 valence electrons. The lowest BCUT2D eigenvalue weighted by molar-refractivity contribution is -0.186. The number of phenols is 1. The number of aromatic nitrogens is 2. The highest BCUT2D eigenvalue weighted by Gasteiger charge is 2.64. The van der Waals surface area contributed by atoms with Gasteiger partial charge in [0.15, 0.2) is 22.2 Å². The van der Waals surface area contributed by atoms with Gasteiger partial charge in [-0.2, -0.15) is 0 Å². The number of phenolic OH excluding ortho intramolecular Hbond substituents is 1. The summed E-state index contributed by atoms with van der Waals surface area (Å²) in [5.41, 5.74) is 16.2. The van der Waals surface area contributed by atoms with E-state index in [0.29, 0.717) is 72.5 Å². The molecular formula is C42H40N6O7S2. The minimum Gasteiger partial charge on any atom is -0.507 e. The highest BCUT2D eigenvalue weighted by atomic mass is 33.1. The van der Waals surface area contributed by atoms with Crippen molar-refractivity contribution in [1.82, 2.24) is 14.9 Å². The van der Waals surface area contributed by atoms with Crippen LogP contribution in [0, 0.1) is 6.92 Å². The van der Waals surface area contributed by atoms with E-state index in [1.165, 1.54) is 6.07 Å². The Bertz CT molecular complexity index is 2620. The van der Waals surface area contributed by atoms with Gasteiger partial charge in [0.1, 0.15) is 39.9 Å². The predicted octanol–water partition coefficient (Wildman–Crippen LogP) is 6.09. The van der Waals surface area contributed by atoms with E-state index >= 15 is 0 Å². The van der Waals surface area contributed by atoms with Gasteiger partial charge in [-0.3, -0.25) is 9.79 Å². The fraction of sp³-hybridized carbons (Fsp3) is 0.357. The van der Waals surface area contributed by atoms with E-state index in [2.05, 4.69) is 22.2 Å². The van der Waals surface area contributed by atoms with Crippen LogP contribution in [-0.4, -0.2) is 66.4 Å². The van der Waals surface area contributed by atoms with Crippen LogP contribution in [0.4, 0.5) is 11.6 Å². The maximum Gasteiger partial charge on any atom is 0.341 e. The number of aromatic hydroxyl groups is 1. The van der Waals surface area contributed by atoms with E-state index in [0.717, 1.165) is 33.7 Å². The number of anilines is 2. The van der Waals surface area contributed by atoms with E-state index in [4.69, 9.17) is 40.1 Å². The molecule has 1 saturated heterocycles. The number of hydrogen-bond donors (Lipinski definition) is 3. The second kappa shape index (κ2) is 12.9. The Labute approximate surface area is 335 Å². The molecule has 1 spiro atoms. The van der Waals surface area contributed by atoms with Crippen molar-refractivity contribution in [3.05, 3.63) is 105 Å². The van der Waals surface area contributed by atoms with Gasteiger partial charge in [-0.15, -0.1) is 0 Å². The van der Waals surface area contributed by atoms with Crippen molar-refractivity contribution in [1.29, 1.82) is 0 Å². The number of nitrogens with zero attached hydrogens (tertiary/aromatic N) is 4. The Kier molecular flexibility index (Phi) is 8.16. The van der Waals surface area contributed by atoms with Crippen LogP contribution in [-0.2, 0) is 39.4 Å². The molecule has 0 saturated carbocycles. The maximum absolute atomic E-state index is 14.2. The van der Waals surface area contributed by atoms with Crippen LogP contribution in [0.25, 0.3) is 22.2 Å². The lowest BCUT2D eigenvalue weighted by Crippen LogP contribution is -2.64. The summed E-state index contributed by atoms with van der Waals surface area (Å²) in [6.45, 7) is 6.60. The van der Waals surface area contributed by atoms with Crippen LogP contribution in [0.1, 0.15) is 54.8 Å². The van der Waals surface area contributed by atoms with Gasteiger partial charge in [-0.25, -0.2) is 14.8 Å². The number of pyridine rings is 2. The number of aliphatic imine (C=N–C) groups is 1. The van der Waals surface area contributed by atoms with Crippen molar-refractivity contribution < 1.29 is 28.5 Å². The topological polar surface area (TPSA) is 192 Å². The lowest BCUT2D eigenvalue weighted by atomic mass is 9.70. The van der Waals surface area contributed by atoms with Gasteiger partial charge >= 0.3 is 5.97 Å². The van der Waals surface area contributed by atoms with Gasteiger partial charge in [0.2, 0.25) is 0 Å². The number of benzene rings is 1. The number of nitrogens with two attached hydrogens (primary N) is 2. The van der Waals surface area contributed by atoms with Crippen molar-refractivity contribution >= 4 is 55.9 Å². The molecular weight excluding hydrogens is 765 g/mol. The first-order valence-corrected chi connectivity index (χ1v) is 21.3. The normalized spacial score (nSPS) is 28.5. The van der Waals surface area contributed by atoms with E-state index < -0.39 is 28.9 Å². The molecule has 0 amide bonds. The zero-order valence-corrected chi connectivity index (χ0v) is 33.2. The van der Waals surface area contributed by atoms with Gasteiger partial charge in [-0.1, -0.05) is 27.7 Å². The SMILES string of the molecule is Cc1cc(=O)c2c(O)c3c(cc2o1)O[C@@]1(C)C[C@@H]2C=C[C@]1(C3)OC(=O)[C@]1(C)O[C@H]1CCc1cc(N)nc(c1)-c1cc(CN3C=C4C=CN=C4C3)nc(N)c1CSS2. The quantitative estimate of drug-likeness (QED) is 0.0913. The van der Waals surface area contributed by atoms with Crippen molar-refractivity contribution in [3.63, 3.8) is 0 Å². The number of carbonyl (C=O) groups is 1. The number of fused-ring (bicyclic) bond motifs is 7. The third-order valence-electron chi connectivity index (χ3n) is 12.0. The second-order valence-corrected chi connectivity index (χ2v) is 18.6. The summed E-state index contributed by atoms with van der Waals surface area (Å²) < 4.78 is 25.3. The Morgan fingerprint density at radius 3 is 2.77 bits per heavy atom. The molecule has 11 rings (SSSR count). The average molecular weight is 805 g/mol. The first kappa shape index (κ1) is 36.1. The third-order valence-corrected chi connectivity index (χ3v) is 14.6. The molecule has 0 radical (unpaired) electrons. The third kappa shape index (κ3) is 6.00. The van der Waals surface area contributed by atoms with Crippen LogP contribution in [0.5, 0.6) is 11.5 Å². The van der Waals surface area contributed by atoms with Crippen LogP contribution in [0.15, 0.2) is 80.7 Å². The zero-order chi connectivity index (χ0) is 39.4. The maximum atomic E-state index is 14.2. The molecule has 13 nitrogen and oxygen atoms in total. The number of esters is 1. The number of rotatable bonds is 2. The molecule has 0 unspecified atom stereocenters. The number of allylic oxidation sites excluding steroid dienone is 1. The Morgan fingerprint density at radius 2 is 1.93 bits per heavy atom. The Hall–Kier alpha value is -5.25. The van der Waals surface area contributed by atoms with Crippen molar-refractivity contribution in [2.75, 3.05) is 18.0 Å². The minimum atomic E-state index is -1.32. The number of hydrogen-bond acceptors (Lipinski definition) is 15. The molecule has 1 aromatic carbocycles. The predicted molar refractivity (Wildman–Crippen MR) is 220 cm³/mol. The molecule has 1 aliphatic carbocycles. The number of ether oxygens (including phenoxy) is 3. The zero-order valence-electron chi connectivity index (χ0n) is 31.5. The first-order chi connectivity index (χ1) is 27.3. The average Bonchev–Trinajstić information content (AvgIpc) is 3.40. The number of epoxide rings is 1. The van der Waals surface area contributed by atoms with Crippen LogP contribution in [0.3, 0.4) is 0 Å². The molecule has 4 bridgehead atoms. The number of carbonyl (C=O) groups excluding carboxylic acids is 1. The van der Waals surface area contributed by atoms with Gasteiger partial charge in [0.05, 0.1) is 36.3 Å². The van der Waals surface area contributed by atoms with Crippen LogP contribution < -0.4 is 21.6 Å². The van der Waals surface area contributed by atoms with Crippen LogP contribution in [0.2, 0.25) is 0 Å². The van der Waals surface area contributed by atoms with E-state index in [1.54, 1.807) is 41.5 Å². The van der Waals surface area contributed by atoms with Gasteiger partial charge < -0.3 is 40.1 Å². The smallest absolute Gasteiger partial charge is 0.341 e. The summed E-state index contributed by atoms with van der Waals surface area (Å²) in [6, 6.07) is 8.94. The van der Waals surface area contributed by atoms with E-state index in [1.807, 2.05) is 43.5 Å². The Balaban J connectivity index is 1.02. The first-order valence-electron chi connectivity index (χ1n) is 18.9. The molecule has 5 atom stereocenters. The molecule has 9 heterocycles. The van der Waals surface area contributed by atoms with Crippen molar-refractivity contribution in [2.45, 2.75) is 86.9 Å². The summed E-state index contributed by atoms with van der Waals surface area (Å²) in [4.78, 5) is 43.6. The fourth-order valence-electron chi connectivity index (χ4n) is 8.78. The fourth-order valence-corrected chi connectivity index (χ4v) is 11.5. The highest BCUT2D eigenvalue weighted by Crippen LogP contribution is 2.54. The molecule has 57 heavy (non-hydrogen) atoms. The monoisotopic (exact) mass is 804 g/mol. The minimum absolute atomic E-state index is 0.0563. The summed E-state index contributed by atoms with van der Waals surface area (Å²) >= 11 is 0. The van der Waals surface area contributed by atoms with E-state index in [9.17, 15) is 14.7 Å². The van der Waals surface area contributed by atoms with E-state index in [-0.39, 0.29) is 33.8 Å². The Morgan fingerprint density at radius 1 is 1.07 bits per heavy atom. The number of aryl methyl sites for hydroxylation is 2. The number of nitrogen functional groups attached to an aromatic ring is 2. The van der Waals surface area contributed by atoms with Crippen molar-refractivity contribution in [3.8, 4) is 22.8 Å². The molecule has 7 aliphatic rings. The van der Waals surface area contributed by atoms with Gasteiger partial charge in [0.25, 0.3) is 0 Å². The summed E-state index contributed by atoms with van der Waals surface area (Å²) in [6.07, 6.45) is 11.1. The molecule has 5 N–H and O–H groups in total. The summed E-state index contributed by atoms with van der Waals surface area (Å²) in [7, 11) is 3.29. The molecule has 15 heteroatoms. The van der Waals surface area contributed by atoms with Gasteiger partial charge in [-0.05, 0) is 69.5 Å². The molecule has 1 fully saturated rings. The molecule has 6 aliphatic heterocycles. The molecule has 3 aromatic heterocycles. The van der Waals surface area contributed by atoms with Crippen LogP contribution >= 0.6 is 21.6 Å². The highest BCUT2D eigenvalue weighted by molar-refractivity contribution is 8.76. The molecule has 4 aromatic rings. The second-order valence-electron chi connectivity index (χ2n) is 16.0. The summed E-state index contributed by atoms with van der Waals surface area (Å²) in [5.74, 6) is 1.36. The van der Waals surface area contributed by atoms with Gasteiger partial charge in [0, 0.05) is 70.6 Å². The largest absolute Gasteiger partial charge is 0.507 e. The summed E-state index contributed by atoms with van der Waals surface area (Å²) in [5, 5.41) is 11.5.